The van der Waals surface area contributed by atoms with Crippen LogP contribution in [-0.4, -0.2) is 36.2 Å². The third-order valence-electron chi connectivity index (χ3n) is 4.34. The van der Waals surface area contributed by atoms with Crippen LogP contribution in [0, 0.1) is 6.92 Å². The molecule has 2 aromatic heterocycles. The summed E-state index contributed by atoms with van der Waals surface area (Å²) in [7, 11) is -3.64. The van der Waals surface area contributed by atoms with Crippen molar-refractivity contribution in [2.45, 2.75) is 30.0 Å². The molecule has 1 amide bonds. The SMILES string of the molecule is Cc1ccc2nc(NC(=O)[C@@H]3CCCN3S(=O)(=O)c3cccs3)sc2c1. The molecule has 26 heavy (non-hydrogen) atoms. The summed E-state index contributed by atoms with van der Waals surface area (Å²) in [5.74, 6) is -0.321. The van der Waals surface area contributed by atoms with Crippen LogP contribution in [-0.2, 0) is 14.8 Å². The lowest BCUT2D eigenvalue weighted by atomic mass is 10.2. The highest BCUT2D eigenvalue weighted by atomic mass is 32.2. The van der Waals surface area contributed by atoms with Gasteiger partial charge in [-0.3, -0.25) is 4.79 Å². The molecule has 0 unspecified atom stereocenters. The number of benzene rings is 1. The molecule has 1 aromatic carbocycles. The summed E-state index contributed by atoms with van der Waals surface area (Å²) < 4.78 is 28.1. The van der Waals surface area contributed by atoms with Crippen molar-refractivity contribution in [1.82, 2.24) is 9.29 Å². The largest absolute Gasteiger partial charge is 0.301 e. The van der Waals surface area contributed by atoms with Crippen LogP contribution in [0.15, 0.2) is 39.9 Å². The maximum absolute atomic E-state index is 12.8. The van der Waals surface area contributed by atoms with Crippen LogP contribution in [0.3, 0.4) is 0 Å². The van der Waals surface area contributed by atoms with Gasteiger partial charge in [0.15, 0.2) is 5.13 Å². The number of hydrogen-bond donors (Lipinski definition) is 1. The molecule has 1 aliphatic rings. The van der Waals surface area contributed by atoms with Crippen molar-refractivity contribution in [3.8, 4) is 0 Å². The highest BCUT2D eigenvalue weighted by Crippen LogP contribution is 2.31. The lowest BCUT2D eigenvalue weighted by Gasteiger charge is -2.22. The molecule has 1 atom stereocenters. The fraction of sp³-hybridized carbons (Fsp3) is 0.294. The molecule has 1 saturated heterocycles. The van der Waals surface area contributed by atoms with Crippen molar-refractivity contribution in [3.63, 3.8) is 0 Å². The molecule has 1 aliphatic heterocycles. The molecule has 0 bridgehead atoms. The summed E-state index contributed by atoms with van der Waals surface area (Å²) in [5, 5.41) is 5.03. The fourth-order valence-electron chi connectivity index (χ4n) is 3.09. The van der Waals surface area contributed by atoms with Crippen LogP contribution >= 0.6 is 22.7 Å². The third-order valence-corrected chi connectivity index (χ3v) is 8.55. The second kappa shape index (κ2) is 6.73. The normalized spacial score (nSPS) is 18.4. The first kappa shape index (κ1) is 17.6. The number of amides is 1. The molecule has 1 fully saturated rings. The summed E-state index contributed by atoms with van der Waals surface area (Å²) in [5.41, 5.74) is 1.95. The minimum atomic E-state index is -3.64. The number of thiazole rings is 1. The first-order chi connectivity index (χ1) is 12.4. The van der Waals surface area contributed by atoms with Gasteiger partial charge in [-0.15, -0.1) is 11.3 Å². The molecular weight excluding hydrogens is 390 g/mol. The number of nitrogens with one attached hydrogen (secondary N) is 1. The van der Waals surface area contributed by atoms with Crippen molar-refractivity contribution in [3.05, 3.63) is 41.3 Å². The first-order valence-corrected chi connectivity index (χ1v) is 11.3. The van der Waals surface area contributed by atoms with E-state index in [1.54, 1.807) is 17.5 Å². The van der Waals surface area contributed by atoms with Gasteiger partial charge in [0.1, 0.15) is 10.3 Å². The Morgan fingerprint density at radius 3 is 2.96 bits per heavy atom. The van der Waals surface area contributed by atoms with Gasteiger partial charge in [-0.1, -0.05) is 23.5 Å². The standard InChI is InChI=1S/C17H17N3O3S3/c1-11-6-7-12-14(10-11)25-17(18-12)19-16(21)13-4-2-8-20(13)26(22,23)15-5-3-9-24-15/h3,5-7,9-10,13H,2,4,8H2,1H3,(H,18,19,21)/t13-/m0/s1. The van der Waals surface area contributed by atoms with Crippen LogP contribution in [0.4, 0.5) is 5.13 Å². The molecule has 0 aliphatic carbocycles. The van der Waals surface area contributed by atoms with Gasteiger partial charge in [0.05, 0.1) is 10.2 Å². The molecule has 3 aromatic rings. The highest BCUT2D eigenvalue weighted by molar-refractivity contribution is 7.91. The maximum Gasteiger partial charge on any atom is 0.253 e. The lowest BCUT2D eigenvalue weighted by molar-refractivity contribution is -0.119. The van der Waals surface area contributed by atoms with Gasteiger partial charge in [0.25, 0.3) is 10.0 Å². The Hall–Kier alpha value is -1.81. The zero-order valence-corrected chi connectivity index (χ0v) is 16.5. The van der Waals surface area contributed by atoms with Crippen LogP contribution in [0.25, 0.3) is 10.2 Å². The van der Waals surface area contributed by atoms with Gasteiger partial charge in [-0.05, 0) is 48.9 Å². The number of carbonyl (C=O) groups is 1. The Kier molecular flexibility index (Phi) is 4.55. The van der Waals surface area contributed by atoms with Crippen LogP contribution in [0.2, 0.25) is 0 Å². The van der Waals surface area contributed by atoms with Gasteiger partial charge in [-0.2, -0.15) is 4.31 Å². The molecule has 0 radical (unpaired) electrons. The number of fused-ring (bicyclic) bond motifs is 1. The maximum atomic E-state index is 12.8. The average Bonchev–Trinajstić information content (AvgIpc) is 3.34. The lowest BCUT2D eigenvalue weighted by Crippen LogP contribution is -2.42. The average molecular weight is 408 g/mol. The number of aromatic nitrogens is 1. The van der Waals surface area contributed by atoms with Gasteiger partial charge >= 0.3 is 0 Å². The Balaban J connectivity index is 1.56. The molecule has 0 spiro atoms. The smallest absolute Gasteiger partial charge is 0.253 e. The first-order valence-electron chi connectivity index (χ1n) is 8.18. The molecule has 1 N–H and O–H groups in total. The van der Waals surface area contributed by atoms with E-state index in [-0.39, 0.29) is 10.1 Å². The van der Waals surface area contributed by atoms with E-state index in [1.165, 1.54) is 27.0 Å². The summed E-state index contributed by atoms with van der Waals surface area (Å²) in [6.45, 7) is 2.36. The number of rotatable bonds is 4. The highest BCUT2D eigenvalue weighted by Gasteiger charge is 2.40. The van der Waals surface area contributed by atoms with E-state index in [2.05, 4.69) is 10.3 Å². The number of carbonyl (C=O) groups excluding carboxylic acids is 1. The Labute approximate surface area is 159 Å². The van der Waals surface area contributed by atoms with Gasteiger partial charge in [0, 0.05) is 6.54 Å². The minimum absolute atomic E-state index is 0.271. The Bertz CT molecular complexity index is 1060. The molecule has 3 heterocycles. The van der Waals surface area contributed by atoms with E-state index in [9.17, 15) is 13.2 Å². The Morgan fingerprint density at radius 1 is 1.35 bits per heavy atom. The van der Waals surface area contributed by atoms with Crippen molar-refractivity contribution in [2.75, 3.05) is 11.9 Å². The van der Waals surface area contributed by atoms with Crippen molar-refractivity contribution in [1.29, 1.82) is 0 Å². The van der Waals surface area contributed by atoms with E-state index in [1.807, 2.05) is 25.1 Å². The molecule has 9 heteroatoms. The quantitative estimate of drug-likeness (QED) is 0.718. The van der Waals surface area contributed by atoms with Gasteiger partial charge in [0.2, 0.25) is 5.91 Å². The molecule has 4 rings (SSSR count). The summed E-state index contributed by atoms with van der Waals surface area (Å²) in [6.07, 6.45) is 1.18. The van der Waals surface area contributed by atoms with E-state index in [0.29, 0.717) is 24.5 Å². The zero-order valence-electron chi connectivity index (χ0n) is 14.0. The van der Waals surface area contributed by atoms with Crippen molar-refractivity contribution >= 4 is 54.0 Å². The monoisotopic (exact) mass is 407 g/mol. The topological polar surface area (TPSA) is 79.4 Å². The summed E-state index contributed by atoms with van der Waals surface area (Å²) in [6, 6.07) is 8.48. The van der Waals surface area contributed by atoms with E-state index >= 15 is 0 Å². The Morgan fingerprint density at radius 2 is 2.19 bits per heavy atom. The zero-order chi connectivity index (χ0) is 18.3. The minimum Gasteiger partial charge on any atom is -0.301 e. The third kappa shape index (κ3) is 3.16. The van der Waals surface area contributed by atoms with Gasteiger partial charge < -0.3 is 5.32 Å². The predicted molar refractivity (Wildman–Crippen MR) is 104 cm³/mol. The van der Waals surface area contributed by atoms with Crippen LogP contribution in [0.1, 0.15) is 18.4 Å². The van der Waals surface area contributed by atoms with Crippen molar-refractivity contribution < 1.29 is 13.2 Å². The fourth-order valence-corrected chi connectivity index (χ4v) is 6.83. The number of nitrogens with zero attached hydrogens (tertiary/aromatic N) is 2. The second-order valence-corrected chi connectivity index (χ2v) is 10.3. The summed E-state index contributed by atoms with van der Waals surface area (Å²) in [4.78, 5) is 17.2. The molecule has 6 nitrogen and oxygen atoms in total. The predicted octanol–water partition coefficient (Wildman–Crippen LogP) is 3.46. The van der Waals surface area contributed by atoms with E-state index < -0.39 is 16.1 Å². The number of thiophene rings is 1. The molecule has 0 saturated carbocycles. The van der Waals surface area contributed by atoms with Crippen molar-refractivity contribution in [2.24, 2.45) is 0 Å². The number of sulfonamides is 1. The van der Waals surface area contributed by atoms with Gasteiger partial charge in [-0.25, -0.2) is 13.4 Å². The summed E-state index contributed by atoms with van der Waals surface area (Å²) >= 11 is 2.56. The van der Waals surface area contributed by atoms with E-state index in [0.717, 1.165) is 15.8 Å². The number of aryl methyl sites for hydroxylation is 1. The second-order valence-electron chi connectivity index (χ2n) is 6.19. The molecular formula is C17H17N3O3S3. The van der Waals surface area contributed by atoms with Crippen LogP contribution < -0.4 is 5.32 Å². The number of anilines is 1. The molecule has 136 valence electrons. The number of hydrogen-bond acceptors (Lipinski definition) is 6. The van der Waals surface area contributed by atoms with Crippen LogP contribution in [0.5, 0.6) is 0 Å². The van der Waals surface area contributed by atoms with E-state index in [4.69, 9.17) is 0 Å².